The number of anilines is 1. The second-order valence-electron chi connectivity index (χ2n) is 9.05. The molecule has 0 radical (unpaired) electrons. The fourth-order valence-corrected chi connectivity index (χ4v) is 5.59. The highest BCUT2D eigenvalue weighted by Crippen LogP contribution is 2.46. The van der Waals surface area contributed by atoms with Crippen molar-refractivity contribution in [2.45, 2.75) is 44.4 Å². The van der Waals surface area contributed by atoms with Crippen LogP contribution in [0.1, 0.15) is 50.0 Å². The smallest absolute Gasteiger partial charge is 0.262 e. The van der Waals surface area contributed by atoms with Gasteiger partial charge in [0.05, 0.1) is 15.1 Å². The van der Waals surface area contributed by atoms with Gasteiger partial charge in [-0.2, -0.15) is 0 Å². The lowest BCUT2D eigenvalue weighted by Crippen LogP contribution is -2.36. The molecule has 0 spiro atoms. The largest absolute Gasteiger partial charge is 0.482 e. The maximum Gasteiger partial charge on any atom is 0.262 e. The summed E-state index contributed by atoms with van der Waals surface area (Å²) in [5.41, 5.74) is 4.43. The van der Waals surface area contributed by atoms with Crippen molar-refractivity contribution in [3.63, 3.8) is 0 Å². The minimum atomic E-state index is -0.443. The molecule has 0 unspecified atom stereocenters. The van der Waals surface area contributed by atoms with Crippen LogP contribution in [-0.2, 0) is 14.4 Å². The van der Waals surface area contributed by atoms with Gasteiger partial charge in [-0.3, -0.25) is 14.4 Å². The van der Waals surface area contributed by atoms with Gasteiger partial charge in [-0.15, -0.1) is 0 Å². The van der Waals surface area contributed by atoms with E-state index in [0.717, 1.165) is 42.6 Å². The van der Waals surface area contributed by atoms with E-state index in [4.69, 9.17) is 39.5 Å². The highest BCUT2D eigenvalue weighted by molar-refractivity contribution is 6.42. The first kappa shape index (κ1) is 24.9. The van der Waals surface area contributed by atoms with Crippen molar-refractivity contribution in [3.05, 3.63) is 79.6 Å². The average Bonchev–Trinajstić information content (AvgIpc) is 2.85. The number of Topliss-reactive ketones (excluding diaryl/α,β-unsaturated/α-hetero) is 2. The number of carbonyl (C=O) groups is 3. The van der Waals surface area contributed by atoms with Gasteiger partial charge < -0.3 is 15.4 Å². The monoisotopic (exact) mass is 544 g/mol. The first-order chi connectivity index (χ1) is 17.3. The van der Waals surface area contributed by atoms with Gasteiger partial charge in [0.1, 0.15) is 5.75 Å². The van der Waals surface area contributed by atoms with E-state index in [-0.39, 0.29) is 18.2 Å². The molecule has 2 aromatic carbocycles. The second-order valence-corrected chi connectivity index (χ2v) is 10.3. The van der Waals surface area contributed by atoms with Crippen LogP contribution in [0.2, 0.25) is 15.1 Å². The van der Waals surface area contributed by atoms with Crippen molar-refractivity contribution in [1.82, 2.24) is 5.32 Å². The van der Waals surface area contributed by atoms with Crippen molar-refractivity contribution in [3.8, 4) is 5.75 Å². The zero-order valence-corrected chi connectivity index (χ0v) is 21.5. The number of carbonyl (C=O) groups excluding carboxylic acids is 3. The number of amides is 1. The highest BCUT2D eigenvalue weighted by Gasteiger charge is 2.40. The molecule has 0 saturated carbocycles. The topological polar surface area (TPSA) is 84.5 Å². The van der Waals surface area contributed by atoms with Crippen molar-refractivity contribution < 1.29 is 19.1 Å². The molecule has 5 rings (SSSR count). The SMILES string of the molecule is O=C(COc1ccc(C2C3=C(CCCC3=O)NC3=C2C(=O)CCC3)cc1Cl)Nc1ccc(Cl)c(Cl)c1. The van der Waals surface area contributed by atoms with E-state index in [9.17, 15) is 14.4 Å². The molecule has 0 fully saturated rings. The Hall–Kier alpha value is -2.80. The first-order valence-corrected chi connectivity index (χ1v) is 12.9. The van der Waals surface area contributed by atoms with Crippen LogP contribution in [-0.4, -0.2) is 24.1 Å². The maximum atomic E-state index is 13.0. The molecule has 2 N–H and O–H groups in total. The van der Waals surface area contributed by atoms with E-state index in [1.807, 2.05) is 6.07 Å². The highest BCUT2D eigenvalue weighted by atomic mass is 35.5. The lowest BCUT2D eigenvalue weighted by atomic mass is 9.71. The van der Waals surface area contributed by atoms with Crippen molar-refractivity contribution in [2.75, 3.05) is 11.9 Å². The summed E-state index contributed by atoms with van der Waals surface area (Å²) in [5, 5.41) is 7.11. The van der Waals surface area contributed by atoms with E-state index in [0.29, 0.717) is 50.5 Å². The molecule has 0 saturated heterocycles. The fourth-order valence-electron chi connectivity index (χ4n) is 5.04. The summed E-state index contributed by atoms with van der Waals surface area (Å²) < 4.78 is 5.65. The number of hydrogen-bond donors (Lipinski definition) is 2. The third kappa shape index (κ3) is 4.90. The minimum Gasteiger partial charge on any atom is -0.482 e. The van der Waals surface area contributed by atoms with Crippen molar-refractivity contribution >= 4 is 58.0 Å². The Labute approximate surface area is 223 Å². The van der Waals surface area contributed by atoms with E-state index in [2.05, 4.69) is 10.6 Å². The maximum absolute atomic E-state index is 13.0. The molecule has 0 bridgehead atoms. The Morgan fingerprint density at radius 2 is 1.53 bits per heavy atom. The lowest BCUT2D eigenvalue weighted by molar-refractivity contribution is -0.118. The first-order valence-electron chi connectivity index (χ1n) is 11.8. The molecule has 0 aromatic heterocycles. The number of ketones is 2. The Morgan fingerprint density at radius 3 is 2.14 bits per heavy atom. The summed E-state index contributed by atoms with van der Waals surface area (Å²) in [6, 6.07) is 9.99. The van der Waals surface area contributed by atoms with Gasteiger partial charge in [-0.05, 0) is 61.6 Å². The van der Waals surface area contributed by atoms with Crippen LogP contribution < -0.4 is 15.4 Å². The number of allylic oxidation sites excluding steroid dienone is 4. The van der Waals surface area contributed by atoms with E-state index >= 15 is 0 Å². The minimum absolute atomic E-state index is 0.0640. The Morgan fingerprint density at radius 1 is 0.861 bits per heavy atom. The summed E-state index contributed by atoms with van der Waals surface area (Å²) in [6.45, 7) is -0.270. The molecule has 9 heteroatoms. The van der Waals surface area contributed by atoms with Crippen LogP contribution in [0, 0.1) is 0 Å². The van der Waals surface area contributed by atoms with Crippen LogP contribution in [0.5, 0.6) is 5.75 Å². The summed E-state index contributed by atoms with van der Waals surface area (Å²) in [4.78, 5) is 38.3. The molecule has 6 nitrogen and oxygen atoms in total. The quantitative estimate of drug-likeness (QED) is 0.456. The summed E-state index contributed by atoms with van der Waals surface area (Å²) in [5.74, 6) is -0.381. The number of rotatable bonds is 5. The molecule has 1 amide bonds. The molecule has 36 heavy (non-hydrogen) atoms. The predicted octanol–water partition coefficient (Wildman–Crippen LogP) is 6.37. The zero-order valence-electron chi connectivity index (χ0n) is 19.3. The van der Waals surface area contributed by atoms with Gasteiger partial charge in [0.2, 0.25) is 0 Å². The van der Waals surface area contributed by atoms with Crippen LogP contribution in [0.3, 0.4) is 0 Å². The zero-order chi connectivity index (χ0) is 25.4. The van der Waals surface area contributed by atoms with Crippen molar-refractivity contribution in [2.24, 2.45) is 0 Å². The number of halogens is 3. The van der Waals surface area contributed by atoms with Crippen LogP contribution >= 0.6 is 34.8 Å². The molecule has 2 aromatic rings. The molecule has 3 aliphatic rings. The van der Waals surface area contributed by atoms with E-state index in [1.54, 1.807) is 30.3 Å². The van der Waals surface area contributed by atoms with Crippen LogP contribution in [0.25, 0.3) is 0 Å². The van der Waals surface area contributed by atoms with Gasteiger partial charge in [0.15, 0.2) is 18.2 Å². The number of hydrogen-bond acceptors (Lipinski definition) is 5. The van der Waals surface area contributed by atoms with E-state index in [1.165, 1.54) is 0 Å². The molecule has 2 aliphatic carbocycles. The molecule has 1 heterocycles. The number of nitrogens with one attached hydrogen (secondary N) is 2. The number of ether oxygens (including phenoxy) is 1. The van der Waals surface area contributed by atoms with E-state index < -0.39 is 11.8 Å². The van der Waals surface area contributed by atoms with Crippen LogP contribution in [0.15, 0.2) is 58.9 Å². The Bertz CT molecular complexity index is 1310. The standard InChI is InChI=1S/C27H23Cl3N2O4/c28-16-9-8-15(12-17(16)29)31-24(35)13-36-23-10-7-14(11-18(23)30)25-26-19(3-1-5-21(26)33)32-20-4-2-6-22(34)27(20)25/h7-12,25,32H,1-6,13H2,(H,31,35). The van der Waals surface area contributed by atoms with Gasteiger partial charge in [0, 0.05) is 47.0 Å². The van der Waals surface area contributed by atoms with Gasteiger partial charge in [-0.1, -0.05) is 40.9 Å². The van der Waals surface area contributed by atoms with Gasteiger partial charge in [-0.25, -0.2) is 0 Å². The predicted molar refractivity (Wildman–Crippen MR) is 140 cm³/mol. The summed E-state index contributed by atoms with van der Waals surface area (Å²) >= 11 is 18.4. The van der Waals surface area contributed by atoms with Gasteiger partial charge in [0.25, 0.3) is 5.91 Å². The van der Waals surface area contributed by atoms with Crippen LogP contribution in [0.4, 0.5) is 5.69 Å². The molecule has 0 atom stereocenters. The second kappa shape index (κ2) is 10.3. The summed E-state index contributed by atoms with van der Waals surface area (Å²) in [6.07, 6.45) is 4.10. The van der Waals surface area contributed by atoms with Gasteiger partial charge >= 0.3 is 0 Å². The number of benzene rings is 2. The third-order valence-corrected chi connectivity index (χ3v) is 7.68. The lowest BCUT2D eigenvalue weighted by Gasteiger charge is -2.37. The summed E-state index contributed by atoms with van der Waals surface area (Å²) in [7, 11) is 0. The molecule has 186 valence electrons. The molecule has 1 aliphatic heterocycles. The Balaban J connectivity index is 1.37. The third-order valence-electron chi connectivity index (χ3n) is 6.64. The fraction of sp³-hybridized carbons (Fsp3) is 0.296. The normalized spacial score (nSPS) is 18.0. The molecular weight excluding hydrogens is 523 g/mol. The Kier molecular flexibility index (Phi) is 7.11. The molecular formula is C27H23Cl3N2O4. The number of dihydropyridines is 1. The van der Waals surface area contributed by atoms with Crippen molar-refractivity contribution in [1.29, 1.82) is 0 Å². The average molecular weight is 546 g/mol.